The first-order chi connectivity index (χ1) is 8.84. The normalized spacial score (nSPS) is 10.7. The molecule has 1 amide bonds. The van der Waals surface area contributed by atoms with E-state index in [4.69, 9.17) is 0 Å². The number of hydrogen-bond donors (Lipinski definition) is 0. The van der Waals surface area contributed by atoms with E-state index in [0.717, 1.165) is 4.57 Å². The monoisotopic (exact) mass is 262 g/mol. The van der Waals surface area contributed by atoms with Crippen LogP contribution in [0.25, 0.3) is 11.0 Å². The highest BCUT2D eigenvalue weighted by Crippen LogP contribution is 2.07. The Labute approximate surface area is 108 Å². The molecule has 0 unspecified atom stereocenters. The third kappa shape index (κ3) is 1.92. The van der Waals surface area contributed by atoms with Crippen LogP contribution in [-0.2, 0) is 14.1 Å². The average molecular weight is 262 g/mol. The number of aryl methyl sites for hydroxylation is 1. The molecule has 0 spiro atoms. The Morgan fingerprint density at radius 3 is 2.37 bits per heavy atom. The van der Waals surface area contributed by atoms with Crippen LogP contribution in [0.3, 0.4) is 0 Å². The number of fused-ring (bicyclic) bond motifs is 1. The maximum atomic E-state index is 11.9. The molecule has 0 aromatic carbocycles. The number of amides is 1. The summed E-state index contributed by atoms with van der Waals surface area (Å²) in [6.07, 6.45) is 0. The summed E-state index contributed by atoms with van der Waals surface area (Å²) in [6.45, 7) is 0. The zero-order chi connectivity index (χ0) is 14.3. The molecule has 19 heavy (non-hydrogen) atoms. The molecule has 0 atom stereocenters. The van der Waals surface area contributed by atoms with Crippen LogP contribution in [0.2, 0.25) is 0 Å². The summed E-state index contributed by atoms with van der Waals surface area (Å²) in [7, 11) is 6.14. The Balaban J connectivity index is 2.85. The van der Waals surface area contributed by atoms with Crippen LogP contribution < -0.4 is 11.2 Å². The number of nitrogens with zero attached hydrogens (tertiary/aromatic N) is 4. The molecule has 0 aliphatic rings. The average Bonchev–Trinajstić information content (AvgIpc) is 2.41. The van der Waals surface area contributed by atoms with Gasteiger partial charge >= 0.3 is 5.69 Å². The van der Waals surface area contributed by atoms with Gasteiger partial charge in [0.15, 0.2) is 0 Å². The smallest absolute Gasteiger partial charge is 0.332 e. The predicted molar refractivity (Wildman–Crippen MR) is 70.2 cm³/mol. The molecule has 2 aromatic heterocycles. The Hall–Kier alpha value is -2.44. The lowest BCUT2D eigenvalue weighted by atomic mass is 10.2. The van der Waals surface area contributed by atoms with Gasteiger partial charge in [-0.25, -0.2) is 9.78 Å². The fraction of sp³-hybridized carbons (Fsp3) is 0.333. The van der Waals surface area contributed by atoms with Crippen molar-refractivity contribution in [3.8, 4) is 0 Å². The number of aromatic nitrogens is 3. The first-order valence-electron chi connectivity index (χ1n) is 5.63. The molecule has 7 heteroatoms. The summed E-state index contributed by atoms with van der Waals surface area (Å²) in [5.74, 6) is -0.282. The highest BCUT2D eigenvalue weighted by atomic mass is 16.2. The Kier molecular flexibility index (Phi) is 2.97. The van der Waals surface area contributed by atoms with Crippen LogP contribution in [0.5, 0.6) is 0 Å². The lowest BCUT2D eigenvalue weighted by molar-refractivity contribution is 0.0822. The van der Waals surface area contributed by atoms with Gasteiger partial charge in [-0.15, -0.1) is 0 Å². The molecule has 0 radical (unpaired) electrons. The summed E-state index contributed by atoms with van der Waals surface area (Å²) >= 11 is 0. The third-order valence-corrected chi connectivity index (χ3v) is 2.93. The van der Waals surface area contributed by atoms with Crippen LogP contribution in [0.4, 0.5) is 0 Å². The van der Waals surface area contributed by atoms with Crippen molar-refractivity contribution in [1.29, 1.82) is 0 Å². The van der Waals surface area contributed by atoms with Crippen LogP contribution in [-0.4, -0.2) is 39.0 Å². The van der Waals surface area contributed by atoms with Gasteiger partial charge in [0.2, 0.25) is 0 Å². The van der Waals surface area contributed by atoms with Crippen molar-refractivity contribution in [3.63, 3.8) is 0 Å². The van der Waals surface area contributed by atoms with E-state index in [0.29, 0.717) is 5.39 Å². The zero-order valence-electron chi connectivity index (χ0n) is 11.2. The van der Waals surface area contributed by atoms with Crippen LogP contribution in [0.1, 0.15) is 10.5 Å². The molecule has 0 bridgehead atoms. The van der Waals surface area contributed by atoms with Crippen molar-refractivity contribution in [3.05, 3.63) is 38.7 Å². The predicted octanol–water partition coefficient (Wildman–Crippen LogP) is -0.666. The molecule has 0 aliphatic carbocycles. The van der Waals surface area contributed by atoms with Gasteiger partial charge in [-0.2, -0.15) is 0 Å². The Bertz CT molecular complexity index is 786. The Morgan fingerprint density at radius 2 is 1.79 bits per heavy atom. The highest BCUT2D eigenvalue weighted by molar-refractivity contribution is 5.94. The summed E-state index contributed by atoms with van der Waals surface area (Å²) in [6, 6.07) is 3.00. The van der Waals surface area contributed by atoms with Crippen molar-refractivity contribution in [1.82, 2.24) is 19.0 Å². The van der Waals surface area contributed by atoms with E-state index < -0.39 is 11.2 Å². The second-order valence-electron chi connectivity index (χ2n) is 4.47. The van der Waals surface area contributed by atoms with E-state index in [-0.39, 0.29) is 17.2 Å². The largest absolute Gasteiger partial charge is 0.343 e. The van der Waals surface area contributed by atoms with E-state index in [2.05, 4.69) is 4.98 Å². The van der Waals surface area contributed by atoms with Crippen molar-refractivity contribution >= 4 is 16.9 Å². The summed E-state index contributed by atoms with van der Waals surface area (Å²) in [5.41, 5.74) is -0.490. The molecule has 0 saturated heterocycles. The maximum Gasteiger partial charge on any atom is 0.332 e. The van der Waals surface area contributed by atoms with Gasteiger partial charge in [-0.3, -0.25) is 18.7 Å². The number of carbonyl (C=O) groups excluding carboxylic acids is 1. The van der Waals surface area contributed by atoms with Crippen molar-refractivity contribution in [2.75, 3.05) is 14.1 Å². The van der Waals surface area contributed by atoms with Gasteiger partial charge in [0.05, 0.1) is 5.39 Å². The molecule has 7 nitrogen and oxygen atoms in total. The van der Waals surface area contributed by atoms with Crippen molar-refractivity contribution in [2.24, 2.45) is 14.1 Å². The minimum absolute atomic E-state index is 0.195. The van der Waals surface area contributed by atoms with Gasteiger partial charge < -0.3 is 4.90 Å². The molecule has 2 aromatic rings. The summed E-state index contributed by atoms with van der Waals surface area (Å²) in [4.78, 5) is 41.1. The number of carbonyl (C=O) groups is 1. The summed E-state index contributed by atoms with van der Waals surface area (Å²) in [5, 5.41) is 0.305. The fourth-order valence-electron chi connectivity index (χ4n) is 1.80. The Morgan fingerprint density at radius 1 is 1.16 bits per heavy atom. The maximum absolute atomic E-state index is 11.9. The minimum atomic E-state index is -0.473. The molecular formula is C12H14N4O3. The fourth-order valence-corrected chi connectivity index (χ4v) is 1.80. The molecule has 0 aliphatic heterocycles. The second-order valence-corrected chi connectivity index (χ2v) is 4.47. The van der Waals surface area contributed by atoms with Crippen LogP contribution >= 0.6 is 0 Å². The molecule has 100 valence electrons. The molecule has 2 heterocycles. The number of hydrogen-bond acceptors (Lipinski definition) is 4. The molecular weight excluding hydrogens is 248 g/mol. The van der Waals surface area contributed by atoms with Gasteiger partial charge in [-0.1, -0.05) is 0 Å². The number of pyridine rings is 1. The molecule has 0 saturated carbocycles. The zero-order valence-corrected chi connectivity index (χ0v) is 11.2. The standard InChI is InChI=1S/C12H14N4O3/c1-14(2)11(18)8-6-5-7-9(13-8)15(3)12(19)16(4)10(7)17/h5-6H,1-4H3. The van der Waals surface area contributed by atoms with Crippen molar-refractivity contribution in [2.45, 2.75) is 0 Å². The van der Waals surface area contributed by atoms with E-state index >= 15 is 0 Å². The lowest BCUT2D eigenvalue weighted by Crippen LogP contribution is -2.37. The van der Waals surface area contributed by atoms with Crippen molar-refractivity contribution < 1.29 is 4.79 Å². The molecule has 2 rings (SSSR count). The van der Waals surface area contributed by atoms with E-state index in [9.17, 15) is 14.4 Å². The van der Waals surface area contributed by atoms with E-state index in [1.54, 1.807) is 14.1 Å². The van der Waals surface area contributed by atoms with Gasteiger partial charge in [0.1, 0.15) is 11.3 Å². The van der Waals surface area contributed by atoms with E-state index in [1.165, 1.54) is 35.7 Å². The highest BCUT2D eigenvalue weighted by Gasteiger charge is 2.14. The third-order valence-electron chi connectivity index (χ3n) is 2.93. The molecule has 0 N–H and O–H groups in total. The topological polar surface area (TPSA) is 77.2 Å². The van der Waals surface area contributed by atoms with E-state index in [1.807, 2.05) is 0 Å². The number of rotatable bonds is 1. The van der Waals surface area contributed by atoms with Crippen LogP contribution in [0, 0.1) is 0 Å². The second kappa shape index (κ2) is 4.34. The first-order valence-corrected chi connectivity index (χ1v) is 5.63. The summed E-state index contributed by atoms with van der Waals surface area (Å²) < 4.78 is 2.26. The van der Waals surface area contributed by atoms with Gasteiger partial charge in [0.25, 0.3) is 11.5 Å². The quantitative estimate of drug-likeness (QED) is 0.683. The van der Waals surface area contributed by atoms with Crippen LogP contribution in [0.15, 0.2) is 21.7 Å². The van der Waals surface area contributed by atoms with Gasteiger partial charge in [-0.05, 0) is 12.1 Å². The lowest BCUT2D eigenvalue weighted by Gasteiger charge is -2.11. The minimum Gasteiger partial charge on any atom is -0.343 e. The van der Waals surface area contributed by atoms with Gasteiger partial charge in [0, 0.05) is 28.2 Å². The molecule has 0 fully saturated rings. The first kappa shape index (κ1) is 13.0. The SMILES string of the molecule is CN(C)C(=O)c1ccc2c(=O)n(C)c(=O)n(C)c2n1.